The summed E-state index contributed by atoms with van der Waals surface area (Å²) in [5.74, 6) is -0.103. The fourth-order valence-corrected chi connectivity index (χ4v) is 4.33. The zero-order valence-corrected chi connectivity index (χ0v) is 18.0. The summed E-state index contributed by atoms with van der Waals surface area (Å²) in [6.07, 6.45) is 8.69. The minimum atomic E-state index is -0.913. The van der Waals surface area contributed by atoms with Crippen LogP contribution in [0.2, 0.25) is 0 Å². The number of piperidine rings is 1. The molecular formula is C25H25N5O2. The second kappa shape index (κ2) is 8.42. The summed E-state index contributed by atoms with van der Waals surface area (Å²) in [5, 5.41) is 14.9. The standard InChI is InChI=1S/C25H25N5O2/c1-2-17-14-26-25(27-15-17)29-11-9-22(10-12-29)30-23-8-7-20(13-21(23)16-28-30)18-3-5-19(6-4-18)24(31)32/h3-8,13-16,22H,2,9-12H2,1H3,(H,31,32). The highest BCUT2D eigenvalue weighted by atomic mass is 16.4. The number of carbonyl (C=O) groups is 1. The van der Waals surface area contributed by atoms with Crippen molar-refractivity contribution < 1.29 is 9.90 Å². The van der Waals surface area contributed by atoms with Gasteiger partial charge in [-0.05, 0) is 60.2 Å². The molecular weight excluding hydrogens is 402 g/mol. The Kier molecular flexibility index (Phi) is 5.31. The molecule has 2 aromatic carbocycles. The maximum atomic E-state index is 11.1. The molecule has 1 saturated heterocycles. The van der Waals surface area contributed by atoms with Crippen molar-refractivity contribution in [1.29, 1.82) is 0 Å². The van der Waals surface area contributed by atoms with Gasteiger partial charge in [0.1, 0.15) is 0 Å². The molecule has 3 heterocycles. The van der Waals surface area contributed by atoms with Crippen LogP contribution in [0.5, 0.6) is 0 Å². The molecule has 1 N–H and O–H groups in total. The largest absolute Gasteiger partial charge is 0.478 e. The van der Waals surface area contributed by atoms with Crippen molar-refractivity contribution in [2.75, 3.05) is 18.0 Å². The SMILES string of the molecule is CCc1cnc(N2CCC(n3ncc4cc(-c5ccc(C(=O)O)cc5)ccc43)CC2)nc1. The summed E-state index contributed by atoms with van der Waals surface area (Å²) >= 11 is 0. The van der Waals surface area contributed by atoms with Crippen LogP contribution in [0.4, 0.5) is 5.95 Å². The number of carboxylic acid groups (broad SMARTS) is 1. The number of aryl methyl sites for hydroxylation is 1. The maximum absolute atomic E-state index is 11.1. The van der Waals surface area contributed by atoms with Gasteiger partial charge in [-0.15, -0.1) is 0 Å². The van der Waals surface area contributed by atoms with E-state index in [-0.39, 0.29) is 0 Å². The molecule has 7 heteroatoms. The molecule has 0 amide bonds. The number of anilines is 1. The van der Waals surface area contributed by atoms with E-state index in [0.29, 0.717) is 11.6 Å². The molecule has 0 spiro atoms. The predicted molar refractivity (Wildman–Crippen MR) is 124 cm³/mol. The molecule has 162 valence electrons. The topological polar surface area (TPSA) is 84.1 Å². The third-order valence-corrected chi connectivity index (χ3v) is 6.25. The summed E-state index contributed by atoms with van der Waals surface area (Å²) in [4.78, 5) is 22.4. The number of hydrogen-bond donors (Lipinski definition) is 1. The van der Waals surface area contributed by atoms with Crippen molar-refractivity contribution in [2.45, 2.75) is 32.2 Å². The first-order chi connectivity index (χ1) is 15.6. The third kappa shape index (κ3) is 3.82. The summed E-state index contributed by atoms with van der Waals surface area (Å²) in [6, 6.07) is 13.6. The minimum Gasteiger partial charge on any atom is -0.478 e. The number of nitrogens with zero attached hydrogens (tertiary/aromatic N) is 5. The Bertz CT molecular complexity index is 1240. The Balaban J connectivity index is 1.31. The number of aromatic carboxylic acids is 1. The fraction of sp³-hybridized carbons (Fsp3) is 0.280. The smallest absolute Gasteiger partial charge is 0.335 e. The van der Waals surface area contributed by atoms with Crippen LogP contribution in [-0.4, -0.2) is 43.9 Å². The van der Waals surface area contributed by atoms with Crippen LogP contribution in [0, 0.1) is 0 Å². The third-order valence-electron chi connectivity index (χ3n) is 6.25. The van der Waals surface area contributed by atoms with E-state index in [2.05, 4.69) is 44.7 Å². The molecule has 1 aliphatic rings. The van der Waals surface area contributed by atoms with Gasteiger partial charge in [-0.3, -0.25) is 4.68 Å². The van der Waals surface area contributed by atoms with E-state index in [1.165, 1.54) is 0 Å². The number of fused-ring (bicyclic) bond motifs is 1. The zero-order valence-electron chi connectivity index (χ0n) is 18.0. The summed E-state index contributed by atoms with van der Waals surface area (Å²) in [6.45, 7) is 3.92. The van der Waals surface area contributed by atoms with Crippen LogP contribution in [0.3, 0.4) is 0 Å². The monoisotopic (exact) mass is 427 g/mol. The highest BCUT2D eigenvalue weighted by molar-refractivity contribution is 5.89. The van der Waals surface area contributed by atoms with Crippen LogP contribution in [0.1, 0.15) is 41.7 Å². The number of benzene rings is 2. The van der Waals surface area contributed by atoms with Gasteiger partial charge in [0.25, 0.3) is 0 Å². The lowest BCUT2D eigenvalue weighted by Gasteiger charge is -2.32. The number of carboxylic acids is 1. The van der Waals surface area contributed by atoms with Gasteiger partial charge in [0.05, 0.1) is 23.3 Å². The lowest BCUT2D eigenvalue weighted by Crippen LogP contribution is -2.36. The van der Waals surface area contributed by atoms with Gasteiger partial charge in [-0.1, -0.05) is 25.1 Å². The first kappa shape index (κ1) is 20.2. The summed E-state index contributed by atoms with van der Waals surface area (Å²) in [7, 11) is 0. The molecule has 32 heavy (non-hydrogen) atoms. The van der Waals surface area contributed by atoms with Crippen molar-refractivity contribution in [2.24, 2.45) is 0 Å². The van der Waals surface area contributed by atoms with Gasteiger partial charge in [0.15, 0.2) is 0 Å². The van der Waals surface area contributed by atoms with Crippen LogP contribution in [-0.2, 0) is 6.42 Å². The molecule has 5 rings (SSSR count). The highest BCUT2D eigenvalue weighted by Gasteiger charge is 2.24. The Morgan fingerprint density at radius 1 is 1.00 bits per heavy atom. The molecule has 0 bridgehead atoms. The van der Waals surface area contributed by atoms with Crippen molar-refractivity contribution in [3.63, 3.8) is 0 Å². The van der Waals surface area contributed by atoms with Crippen molar-refractivity contribution >= 4 is 22.8 Å². The van der Waals surface area contributed by atoms with E-state index >= 15 is 0 Å². The molecule has 0 atom stereocenters. The lowest BCUT2D eigenvalue weighted by atomic mass is 10.0. The highest BCUT2D eigenvalue weighted by Crippen LogP contribution is 2.30. The Morgan fingerprint density at radius 3 is 2.34 bits per heavy atom. The van der Waals surface area contributed by atoms with E-state index in [1.54, 1.807) is 12.1 Å². The Morgan fingerprint density at radius 2 is 1.69 bits per heavy atom. The molecule has 2 aromatic heterocycles. The second-order valence-electron chi connectivity index (χ2n) is 8.21. The van der Waals surface area contributed by atoms with Crippen LogP contribution in [0.25, 0.3) is 22.0 Å². The average Bonchev–Trinajstić information content (AvgIpc) is 3.27. The van der Waals surface area contributed by atoms with Crippen LogP contribution >= 0.6 is 0 Å². The van der Waals surface area contributed by atoms with Gasteiger partial charge in [0.2, 0.25) is 5.95 Å². The molecule has 1 fully saturated rings. The molecule has 0 radical (unpaired) electrons. The van der Waals surface area contributed by atoms with Crippen molar-refractivity contribution in [1.82, 2.24) is 19.7 Å². The van der Waals surface area contributed by atoms with Gasteiger partial charge >= 0.3 is 5.97 Å². The van der Waals surface area contributed by atoms with Gasteiger partial charge < -0.3 is 10.0 Å². The molecule has 0 saturated carbocycles. The Hall–Kier alpha value is -3.74. The molecule has 4 aromatic rings. The van der Waals surface area contributed by atoms with E-state index in [9.17, 15) is 4.79 Å². The van der Waals surface area contributed by atoms with Gasteiger partial charge in [-0.2, -0.15) is 5.10 Å². The van der Waals surface area contributed by atoms with E-state index in [1.807, 2.05) is 30.7 Å². The first-order valence-corrected chi connectivity index (χ1v) is 11.0. The number of rotatable bonds is 5. The van der Waals surface area contributed by atoms with Gasteiger partial charge in [-0.25, -0.2) is 14.8 Å². The number of aromatic nitrogens is 4. The zero-order chi connectivity index (χ0) is 22.1. The maximum Gasteiger partial charge on any atom is 0.335 e. The molecule has 0 aliphatic carbocycles. The summed E-state index contributed by atoms with van der Waals surface area (Å²) in [5.41, 5.74) is 4.62. The van der Waals surface area contributed by atoms with Crippen molar-refractivity contribution in [3.05, 3.63) is 72.2 Å². The van der Waals surface area contributed by atoms with Crippen molar-refractivity contribution in [3.8, 4) is 11.1 Å². The average molecular weight is 428 g/mol. The fourth-order valence-electron chi connectivity index (χ4n) is 4.33. The van der Waals surface area contributed by atoms with Crippen LogP contribution < -0.4 is 4.90 Å². The molecule has 0 unspecified atom stereocenters. The minimum absolute atomic E-state index is 0.292. The van der Waals surface area contributed by atoms with E-state index in [0.717, 1.165) is 65.9 Å². The molecule has 7 nitrogen and oxygen atoms in total. The Labute approximate surface area is 186 Å². The van der Waals surface area contributed by atoms with Crippen LogP contribution in [0.15, 0.2) is 61.1 Å². The lowest BCUT2D eigenvalue weighted by molar-refractivity contribution is 0.0697. The normalized spacial score (nSPS) is 14.7. The molecule has 1 aliphatic heterocycles. The quantitative estimate of drug-likeness (QED) is 0.501. The van der Waals surface area contributed by atoms with E-state index in [4.69, 9.17) is 10.2 Å². The van der Waals surface area contributed by atoms with Gasteiger partial charge in [0, 0.05) is 30.9 Å². The first-order valence-electron chi connectivity index (χ1n) is 11.0. The number of hydrogen-bond acceptors (Lipinski definition) is 5. The second-order valence-corrected chi connectivity index (χ2v) is 8.21. The predicted octanol–water partition coefficient (Wildman–Crippen LogP) is 4.60. The van der Waals surface area contributed by atoms with E-state index < -0.39 is 5.97 Å². The summed E-state index contributed by atoms with van der Waals surface area (Å²) < 4.78 is 2.14.